The van der Waals surface area contributed by atoms with Crippen molar-refractivity contribution in [3.63, 3.8) is 0 Å². The molecule has 0 unspecified atom stereocenters. The molecule has 1 aromatic carbocycles. The average molecular weight is 275 g/mol. The third-order valence-corrected chi connectivity index (χ3v) is 2.62. The number of benzene rings is 1. The van der Waals surface area contributed by atoms with E-state index >= 15 is 0 Å². The van der Waals surface area contributed by atoms with E-state index < -0.39 is 11.5 Å². The Kier molecular flexibility index (Phi) is 3.67. The van der Waals surface area contributed by atoms with Gasteiger partial charge in [-0.05, 0) is 18.3 Å². The molecule has 0 bridgehead atoms. The molecule has 1 amide bonds. The molecule has 96 valence electrons. The Balaban J connectivity index is 2.33. The molecule has 0 radical (unpaired) electrons. The highest BCUT2D eigenvalue weighted by Gasteiger charge is 2.12. The van der Waals surface area contributed by atoms with Crippen molar-refractivity contribution in [1.82, 2.24) is 9.97 Å². The van der Waals surface area contributed by atoms with E-state index in [-0.39, 0.29) is 21.6 Å². The maximum atomic E-state index is 12.0. The zero-order valence-corrected chi connectivity index (χ0v) is 10.4. The van der Waals surface area contributed by atoms with Gasteiger partial charge in [0.05, 0.1) is 5.56 Å². The number of carbonyl (C=O) groups is 2. The van der Waals surface area contributed by atoms with E-state index in [1.54, 1.807) is 12.1 Å². The fraction of sp³-hybridized carbons (Fsp3) is 0. The van der Waals surface area contributed by atoms with E-state index in [0.29, 0.717) is 6.29 Å². The molecule has 0 spiro atoms. The number of amides is 1. The van der Waals surface area contributed by atoms with Gasteiger partial charge in [0.15, 0.2) is 11.1 Å². The molecular weight excluding hydrogens is 266 g/mol. The zero-order valence-electron chi connectivity index (χ0n) is 9.60. The summed E-state index contributed by atoms with van der Waals surface area (Å²) in [6, 6.07) is 6.29. The lowest BCUT2D eigenvalue weighted by molar-refractivity contribution is 0.101. The quantitative estimate of drug-likeness (QED) is 0.584. The summed E-state index contributed by atoms with van der Waals surface area (Å²) in [4.78, 5) is 39.3. The van der Waals surface area contributed by atoms with Crippen molar-refractivity contribution in [2.75, 3.05) is 5.32 Å². The van der Waals surface area contributed by atoms with Crippen LogP contribution < -0.4 is 10.9 Å². The van der Waals surface area contributed by atoms with Crippen LogP contribution in [0.15, 0.2) is 35.3 Å². The maximum absolute atomic E-state index is 12.0. The number of aldehydes is 1. The van der Waals surface area contributed by atoms with Crippen molar-refractivity contribution < 1.29 is 9.59 Å². The summed E-state index contributed by atoms with van der Waals surface area (Å²) >= 11 is 4.74. The summed E-state index contributed by atoms with van der Waals surface area (Å²) in [5.74, 6) is -0.543. The van der Waals surface area contributed by atoms with Crippen LogP contribution in [0.5, 0.6) is 0 Å². The smallest absolute Gasteiger partial charge is 0.275 e. The Morgan fingerprint density at radius 3 is 2.74 bits per heavy atom. The van der Waals surface area contributed by atoms with Gasteiger partial charge in [-0.25, -0.2) is 0 Å². The lowest BCUT2D eigenvalue weighted by Crippen LogP contribution is -2.21. The second kappa shape index (κ2) is 5.40. The largest absolute Gasteiger partial charge is 0.337 e. The van der Waals surface area contributed by atoms with Gasteiger partial charge in [0.2, 0.25) is 0 Å². The van der Waals surface area contributed by atoms with Gasteiger partial charge in [0.1, 0.15) is 5.69 Å². The highest BCUT2D eigenvalue weighted by atomic mass is 32.1. The van der Waals surface area contributed by atoms with E-state index in [0.717, 1.165) is 0 Å². The first-order valence-corrected chi connectivity index (χ1v) is 5.70. The molecule has 0 aliphatic heterocycles. The van der Waals surface area contributed by atoms with E-state index in [1.807, 2.05) is 0 Å². The topological polar surface area (TPSA) is 94.8 Å². The number of rotatable bonds is 3. The first-order chi connectivity index (χ1) is 9.11. The van der Waals surface area contributed by atoms with Gasteiger partial charge in [0.25, 0.3) is 11.5 Å². The van der Waals surface area contributed by atoms with Crippen LogP contribution in [0.2, 0.25) is 0 Å². The summed E-state index contributed by atoms with van der Waals surface area (Å²) in [5, 5.41) is 2.41. The van der Waals surface area contributed by atoms with E-state index in [2.05, 4.69) is 15.3 Å². The number of aromatic nitrogens is 2. The predicted molar refractivity (Wildman–Crippen MR) is 72.0 cm³/mol. The monoisotopic (exact) mass is 275 g/mol. The Labute approximate surface area is 112 Å². The van der Waals surface area contributed by atoms with E-state index in [1.165, 1.54) is 18.3 Å². The van der Waals surface area contributed by atoms with Crippen molar-refractivity contribution in [2.24, 2.45) is 0 Å². The molecule has 7 heteroatoms. The first-order valence-electron chi connectivity index (χ1n) is 5.29. The lowest BCUT2D eigenvalue weighted by Gasteiger charge is -2.05. The molecule has 3 N–H and O–H groups in total. The van der Waals surface area contributed by atoms with Gasteiger partial charge in [-0.1, -0.05) is 18.2 Å². The minimum absolute atomic E-state index is 0.0271. The molecule has 0 aliphatic rings. The fourth-order valence-electron chi connectivity index (χ4n) is 1.50. The molecule has 6 nitrogen and oxygen atoms in total. The number of aromatic amines is 2. The first kappa shape index (κ1) is 12.9. The van der Waals surface area contributed by atoms with Crippen molar-refractivity contribution in [3.05, 3.63) is 56.7 Å². The van der Waals surface area contributed by atoms with Gasteiger partial charge in [-0.3, -0.25) is 19.4 Å². The van der Waals surface area contributed by atoms with Crippen LogP contribution >= 0.6 is 12.2 Å². The molecule has 2 rings (SSSR count). The molecule has 0 fully saturated rings. The van der Waals surface area contributed by atoms with E-state index in [9.17, 15) is 14.4 Å². The normalized spacial score (nSPS) is 9.89. The summed E-state index contributed by atoms with van der Waals surface area (Å²) in [6.07, 6.45) is 1.88. The SMILES string of the molecule is O=Cc1ccccc1C(=O)Nc1c[nH]c(=S)[nH]c1=O. The van der Waals surface area contributed by atoms with E-state index in [4.69, 9.17) is 12.2 Å². The van der Waals surface area contributed by atoms with Crippen LogP contribution in [0.4, 0.5) is 5.69 Å². The summed E-state index contributed by atoms with van der Waals surface area (Å²) in [5.41, 5.74) is -0.0420. The number of anilines is 1. The predicted octanol–water partition coefficient (Wildman–Crippen LogP) is 1.50. The molecule has 19 heavy (non-hydrogen) atoms. The molecule has 0 atom stereocenters. The van der Waals surface area contributed by atoms with Crippen molar-refractivity contribution in [3.8, 4) is 0 Å². The third-order valence-electron chi connectivity index (χ3n) is 2.40. The summed E-state index contributed by atoms with van der Waals surface area (Å²) in [6.45, 7) is 0. The Hall–Kier alpha value is -2.54. The number of hydrogen-bond acceptors (Lipinski definition) is 4. The summed E-state index contributed by atoms with van der Waals surface area (Å²) in [7, 11) is 0. The van der Waals surface area contributed by atoms with Crippen LogP contribution in [-0.2, 0) is 0 Å². The number of nitrogens with one attached hydrogen (secondary N) is 3. The molecule has 1 heterocycles. The van der Waals surface area contributed by atoms with Gasteiger partial charge in [0, 0.05) is 11.8 Å². The third kappa shape index (κ3) is 2.83. The summed E-state index contributed by atoms with van der Waals surface area (Å²) < 4.78 is 0.163. The molecule has 0 saturated heterocycles. The van der Waals surface area contributed by atoms with Crippen LogP contribution in [0.3, 0.4) is 0 Å². The molecule has 2 aromatic rings. The minimum atomic E-state index is -0.543. The van der Waals surface area contributed by atoms with Crippen molar-refractivity contribution >= 4 is 30.1 Å². The minimum Gasteiger partial charge on any atom is -0.337 e. The Bertz CT molecular complexity index is 748. The highest BCUT2D eigenvalue weighted by molar-refractivity contribution is 7.71. The van der Waals surface area contributed by atoms with Crippen LogP contribution in [0.1, 0.15) is 20.7 Å². The standard InChI is InChI=1S/C12H9N3O3S/c16-6-7-3-1-2-4-8(7)10(17)14-9-5-13-12(19)15-11(9)18/h1-6H,(H,14,17)(H2,13,15,18,19). The molecular formula is C12H9N3O3S. The lowest BCUT2D eigenvalue weighted by atomic mass is 10.1. The van der Waals surface area contributed by atoms with Crippen molar-refractivity contribution in [1.29, 1.82) is 0 Å². The maximum Gasteiger partial charge on any atom is 0.275 e. The van der Waals surface area contributed by atoms with Gasteiger partial charge < -0.3 is 10.3 Å². The fourth-order valence-corrected chi connectivity index (χ4v) is 1.65. The molecule has 0 aliphatic carbocycles. The van der Waals surface area contributed by atoms with Crippen LogP contribution in [0, 0.1) is 4.77 Å². The average Bonchev–Trinajstić information content (AvgIpc) is 2.41. The Morgan fingerprint density at radius 1 is 1.32 bits per heavy atom. The second-order valence-corrected chi connectivity index (χ2v) is 4.05. The molecule has 1 aromatic heterocycles. The van der Waals surface area contributed by atoms with Gasteiger partial charge in [-0.15, -0.1) is 0 Å². The number of hydrogen-bond donors (Lipinski definition) is 3. The Morgan fingerprint density at radius 2 is 2.05 bits per heavy atom. The van der Waals surface area contributed by atoms with Crippen LogP contribution in [0.25, 0.3) is 0 Å². The van der Waals surface area contributed by atoms with Crippen LogP contribution in [-0.4, -0.2) is 22.2 Å². The van der Waals surface area contributed by atoms with Gasteiger partial charge in [-0.2, -0.15) is 0 Å². The molecule has 0 saturated carbocycles. The van der Waals surface area contributed by atoms with Gasteiger partial charge >= 0.3 is 0 Å². The number of carbonyl (C=O) groups excluding carboxylic acids is 2. The second-order valence-electron chi connectivity index (χ2n) is 3.64. The number of H-pyrrole nitrogens is 2. The zero-order chi connectivity index (χ0) is 13.8. The highest BCUT2D eigenvalue weighted by Crippen LogP contribution is 2.08. The van der Waals surface area contributed by atoms with Crippen molar-refractivity contribution in [2.45, 2.75) is 0 Å².